The predicted molar refractivity (Wildman–Crippen MR) is 69.0 cm³/mol. The summed E-state index contributed by atoms with van der Waals surface area (Å²) in [4.78, 5) is 36.0. The summed E-state index contributed by atoms with van der Waals surface area (Å²) in [5, 5.41) is 28.9. The summed E-state index contributed by atoms with van der Waals surface area (Å²) in [6.07, 6.45) is 0.281. The van der Waals surface area contributed by atoms with Crippen molar-refractivity contribution in [2.24, 2.45) is 0 Å². The van der Waals surface area contributed by atoms with Gasteiger partial charge >= 0.3 is 12.1 Å². The molecule has 21 heavy (non-hydrogen) atoms. The third-order valence-electron chi connectivity index (χ3n) is 2.49. The summed E-state index contributed by atoms with van der Waals surface area (Å²) in [6.45, 7) is 1.36. The number of carboxylic acid groups (broad SMARTS) is 1. The van der Waals surface area contributed by atoms with Crippen LogP contribution in [0.25, 0.3) is 0 Å². The molecule has 10 heteroatoms. The normalized spacial score (nSPS) is 13.0. The molecular formula is C11H20N2O8. The van der Waals surface area contributed by atoms with Gasteiger partial charge in [-0.1, -0.05) is 6.42 Å². The Morgan fingerprint density at radius 1 is 1.24 bits per heavy atom. The largest absolute Gasteiger partial charge is 0.480 e. The number of hydrogen-bond acceptors (Lipinski definition) is 7. The van der Waals surface area contributed by atoms with E-state index >= 15 is 0 Å². The quantitative estimate of drug-likeness (QED) is 0.280. The first-order valence-electron chi connectivity index (χ1n) is 6.46. The Morgan fingerprint density at radius 3 is 2.29 bits per heavy atom. The number of carbonyl (C=O) groups is 2. The van der Waals surface area contributed by atoms with Crippen LogP contribution in [0.4, 0.5) is 4.79 Å². The molecule has 1 amide bonds. The van der Waals surface area contributed by atoms with Gasteiger partial charge in [-0.25, -0.2) is 9.59 Å². The molecule has 0 bridgehead atoms. The molecule has 2 atom stereocenters. The van der Waals surface area contributed by atoms with E-state index < -0.39 is 29.3 Å². The van der Waals surface area contributed by atoms with Crippen LogP contribution in [0.2, 0.25) is 0 Å². The van der Waals surface area contributed by atoms with E-state index in [1.54, 1.807) is 0 Å². The van der Waals surface area contributed by atoms with Gasteiger partial charge in [0.25, 0.3) is 5.09 Å². The van der Waals surface area contributed by atoms with E-state index in [2.05, 4.69) is 4.84 Å². The van der Waals surface area contributed by atoms with Gasteiger partial charge in [-0.2, -0.15) is 0 Å². The lowest BCUT2D eigenvalue weighted by atomic mass is 10.2. The van der Waals surface area contributed by atoms with Crippen molar-refractivity contribution in [3.8, 4) is 0 Å². The number of amides is 1. The third kappa shape index (κ3) is 10.4. The smallest absolute Gasteiger partial charge is 0.407 e. The van der Waals surface area contributed by atoms with Crippen LogP contribution in [-0.2, 0) is 14.4 Å². The molecule has 0 aliphatic carbocycles. The molecule has 122 valence electrons. The minimum atomic E-state index is -1.42. The minimum Gasteiger partial charge on any atom is -0.480 e. The number of rotatable bonds is 11. The SMILES string of the molecule is CC(O)C(NC(=O)OCCCCCCO[N+](=O)[O-])C(=O)O. The molecule has 0 aromatic rings. The van der Waals surface area contributed by atoms with E-state index in [1.807, 2.05) is 5.32 Å². The number of ether oxygens (including phenoxy) is 1. The van der Waals surface area contributed by atoms with Crippen molar-refractivity contribution in [1.82, 2.24) is 5.32 Å². The second-order valence-corrected chi connectivity index (χ2v) is 4.31. The molecule has 0 aromatic carbocycles. The lowest BCUT2D eigenvalue weighted by molar-refractivity contribution is -0.757. The average Bonchev–Trinajstić information content (AvgIpc) is 2.37. The first-order valence-corrected chi connectivity index (χ1v) is 6.46. The van der Waals surface area contributed by atoms with Crippen LogP contribution in [0.1, 0.15) is 32.6 Å². The standard InChI is InChI=1S/C11H20N2O8/c1-8(14)9(10(15)16)12-11(17)20-6-4-2-3-5-7-21-13(18)19/h8-9,14H,2-7H2,1H3,(H,12,17)(H,15,16). The van der Waals surface area contributed by atoms with Gasteiger partial charge in [-0.05, 0) is 26.2 Å². The number of unbranched alkanes of at least 4 members (excludes halogenated alkanes) is 3. The maximum Gasteiger partial charge on any atom is 0.407 e. The van der Waals surface area contributed by atoms with Gasteiger partial charge in [0.1, 0.15) is 0 Å². The Balaban J connectivity index is 3.62. The van der Waals surface area contributed by atoms with Crippen molar-refractivity contribution in [3.05, 3.63) is 10.1 Å². The van der Waals surface area contributed by atoms with E-state index in [0.717, 1.165) is 0 Å². The Hall–Kier alpha value is -2.10. The van der Waals surface area contributed by atoms with Gasteiger partial charge in [-0.15, -0.1) is 10.1 Å². The summed E-state index contributed by atoms with van der Waals surface area (Å²) < 4.78 is 4.75. The van der Waals surface area contributed by atoms with Gasteiger partial charge in [0, 0.05) is 0 Å². The molecular weight excluding hydrogens is 288 g/mol. The average molecular weight is 308 g/mol. The summed E-state index contributed by atoms with van der Waals surface area (Å²) in [6, 6.07) is -1.42. The summed E-state index contributed by atoms with van der Waals surface area (Å²) in [7, 11) is 0. The van der Waals surface area contributed by atoms with E-state index in [1.165, 1.54) is 6.92 Å². The molecule has 0 rings (SSSR count). The minimum absolute atomic E-state index is 0.0308. The van der Waals surface area contributed by atoms with E-state index in [-0.39, 0.29) is 13.2 Å². The number of nitrogens with zero attached hydrogens (tertiary/aromatic N) is 1. The number of nitrogens with one attached hydrogen (secondary N) is 1. The number of aliphatic hydroxyl groups is 1. The Bertz CT molecular complexity index is 347. The van der Waals surface area contributed by atoms with Crippen LogP contribution >= 0.6 is 0 Å². The highest BCUT2D eigenvalue weighted by molar-refractivity contribution is 5.80. The van der Waals surface area contributed by atoms with Crippen molar-refractivity contribution in [3.63, 3.8) is 0 Å². The zero-order valence-electron chi connectivity index (χ0n) is 11.7. The van der Waals surface area contributed by atoms with Gasteiger partial charge < -0.3 is 25.1 Å². The topological polar surface area (TPSA) is 148 Å². The van der Waals surface area contributed by atoms with Crippen molar-refractivity contribution in [1.29, 1.82) is 0 Å². The lowest BCUT2D eigenvalue weighted by Crippen LogP contribution is -2.47. The van der Waals surface area contributed by atoms with E-state index in [4.69, 9.17) is 14.9 Å². The first kappa shape index (κ1) is 18.9. The van der Waals surface area contributed by atoms with Gasteiger partial charge in [0.2, 0.25) is 0 Å². The Kier molecular flexibility index (Phi) is 9.59. The fourth-order valence-electron chi connectivity index (χ4n) is 1.42. The molecule has 10 nitrogen and oxygen atoms in total. The predicted octanol–water partition coefficient (Wildman–Crippen LogP) is 0.315. The van der Waals surface area contributed by atoms with Crippen molar-refractivity contribution < 1.29 is 34.5 Å². The molecule has 3 N–H and O–H groups in total. The van der Waals surface area contributed by atoms with Crippen molar-refractivity contribution in [2.45, 2.75) is 44.8 Å². The molecule has 2 unspecified atom stereocenters. The number of aliphatic carboxylic acids is 1. The summed E-state index contributed by atoms with van der Waals surface area (Å²) >= 11 is 0. The molecule has 0 spiro atoms. The lowest BCUT2D eigenvalue weighted by Gasteiger charge is -2.16. The van der Waals surface area contributed by atoms with Crippen LogP contribution in [0.15, 0.2) is 0 Å². The van der Waals surface area contributed by atoms with Crippen LogP contribution in [0.5, 0.6) is 0 Å². The first-order chi connectivity index (χ1) is 9.84. The fourth-order valence-corrected chi connectivity index (χ4v) is 1.42. The molecule has 0 heterocycles. The van der Waals surface area contributed by atoms with Gasteiger partial charge in [0.15, 0.2) is 6.04 Å². The van der Waals surface area contributed by atoms with Crippen LogP contribution in [0, 0.1) is 10.1 Å². The van der Waals surface area contributed by atoms with Crippen molar-refractivity contribution >= 4 is 12.1 Å². The van der Waals surface area contributed by atoms with Crippen LogP contribution in [0.3, 0.4) is 0 Å². The number of alkyl carbamates (subject to hydrolysis) is 1. The number of hydrogen-bond donors (Lipinski definition) is 3. The fraction of sp³-hybridized carbons (Fsp3) is 0.818. The monoisotopic (exact) mass is 308 g/mol. The second kappa shape index (κ2) is 10.7. The Morgan fingerprint density at radius 2 is 1.81 bits per heavy atom. The van der Waals surface area contributed by atoms with Crippen LogP contribution < -0.4 is 5.32 Å². The molecule has 0 aromatic heterocycles. The van der Waals surface area contributed by atoms with Gasteiger partial charge in [0.05, 0.1) is 19.3 Å². The molecule has 0 aliphatic rings. The highest BCUT2D eigenvalue weighted by Gasteiger charge is 2.25. The van der Waals surface area contributed by atoms with Gasteiger partial charge in [-0.3, -0.25) is 0 Å². The zero-order valence-corrected chi connectivity index (χ0v) is 11.7. The maximum absolute atomic E-state index is 11.3. The zero-order chi connectivity index (χ0) is 16.3. The molecule has 0 radical (unpaired) electrons. The third-order valence-corrected chi connectivity index (χ3v) is 2.49. The summed E-state index contributed by atoms with van der Waals surface area (Å²) in [5.74, 6) is -1.35. The van der Waals surface area contributed by atoms with Crippen LogP contribution in [-0.4, -0.2) is 52.7 Å². The molecule has 0 saturated heterocycles. The summed E-state index contributed by atoms with van der Waals surface area (Å²) in [5.41, 5.74) is 0. The van der Waals surface area contributed by atoms with E-state index in [9.17, 15) is 19.7 Å². The van der Waals surface area contributed by atoms with E-state index in [0.29, 0.717) is 25.7 Å². The molecule has 0 aliphatic heterocycles. The Labute approximate surface area is 121 Å². The highest BCUT2D eigenvalue weighted by atomic mass is 16.9. The number of aliphatic hydroxyl groups excluding tert-OH is 1. The number of carboxylic acids is 1. The highest BCUT2D eigenvalue weighted by Crippen LogP contribution is 2.01. The molecule has 0 fully saturated rings. The molecule has 0 saturated carbocycles. The van der Waals surface area contributed by atoms with Crippen molar-refractivity contribution in [2.75, 3.05) is 13.2 Å². The second-order valence-electron chi connectivity index (χ2n) is 4.31. The number of carbonyl (C=O) groups excluding carboxylic acids is 1. The maximum atomic E-state index is 11.3.